The maximum atomic E-state index is 15.0. The van der Waals surface area contributed by atoms with Crippen molar-refractivity contribution in [2.75, 3.05) is 0 Å². The Balaban J connectivity index is 1.60. The molecule has 1 aliphatic heterocycles. The average Bonchev–Trinajstić information content (AvgIpc) is 3.23. The molecule has 3 aliphatic rings. The summed E-state index contributed by atoms with van der Waals surface area (Å²) >= 11 is 3.43. The maximum Gasteiger partial charge on any atom is 0.254 e. The van der Waals surface area contributed by atoms with E-state index in [0.717, 1.165) is 22.1 Å². The number of aliphatic hydroxyl groups is 1. The van der Waals surface area contributed by atoms with Crippen molar-refractivity contribution in [1.82, 2.24) is 14.9 Å². The Morgan fingerprint density at radius 3 is 2.64 bits per heavy atom. The molecule has 2 N–H and O–H groups in total. The molecule has 6 rings (SSSR count). The lowest BCUT2D eigenvalue weighted by molar-refractivity contribution is -0.140. The van der Waals surface area contributed by atoms with Crippen LogP contribution in [0.4, 0.5) is 4.39 Å². The summed E-state index contributed by atoms with van der Waals surface area (Å²) in [4.78, 5) is 44.4. The van der Waals surface area contributed by atoms with Gasteiger partial charge in [-0.15, -0.1) is 0 Å². The number of ketones is 1. The molecular weight excluding hydrogens is 565 g/mol. The highest BCUT2D eigenvalue weighted by Gasteiger charge is 2.44. The summed E-state index contributed by atoms with van der Waals surface area (Å²) in [5.74, 6) is -0.775. The van der Waals surface area contributed by atoms with E-state index in [1.807, 2.05) is 20.8 Å². The van der Waals surface area contributed by atoms with Gasteiger partial charge in [0.15, 0.2) is 5.78 Å². The van der Waals surface area contributed by atoms with Gasteiger partial charge in [0, 0.05) is 41.0 Å². The van der Waals surface area contributed by atoms with E-state index >= 15 is 0 Å². The minimum atomic E-state index is -1.72. The molecule has 2 aromatic heterocycles. The van der Waals surface area contributed by atoms with Crippen molar-refractivity contribution in [2.45, 2.75) is 84.4 Å². The lowest BCUT2D eigenvalue weighted by atomic mass is 9.77. The van der Waals surface area contributed by atoms with Gasteiger partial charge in [-0.25, -0.2) is 9.37 Å². The minimum absolute atomic E-state index is 0.0643. The Kier molecular flexibility index (Phi) is 5.94. The molecule has 2 atom stereocenters. The lowest BCUT2D eigenvalue weighted by Gasteiger charge is -2.32. The standard InChI is InChI=1S/C30H31BrFN3O4/c1-5-30(39)17-10-21-27-16(13-35(21)28(38)14(17)7-9-22(30)36)25-19(33-23(37)12-29(2,3)4)8-6-15-24(25)20(34-27)11-18(32)26(15)31/h10-11,19,39H,5-9,12-13H2,1-4H3,(H,33,37)/t19-,30+/m1/s1. The summed E-state index contributed by atoms with van der Waals surface area (Å²) < 4.78 is 17.0. The van der Waals surface area contributed by atoms with Crippen LogP contribution in [0.3, 0.4) is 0 Å². The molecule has 0 unspecified atom stereocenters. The first-order valence-electron chi connectivity index (χ1n) is 13.5. The zero-order chi connectivity index (χ0) is 28.0. The van der Waals surface area contributed by atoms with Crippen molar-refractivity contribution in [3.05, 3.63) is 60.6 Å². The smallest absolute Gasteiger partial charge is 0.254 e. The van der Waals surface area contributed by atoms with Gasteiger partial charge in [0.05, 0.1) is 34.0 Å². The number of hydrogen-bond donors (Lipinski definition) is 2. The molecule has 0 saturated carbocycles. The highest BCUT2D eigenvalue weighted by molar-refractivity contribution is 9.10. The number of amides is 1. The lowest BCUT2D eigenvalue weighted by Crippen LogP contribution is -2.43. The first kappa shape index (κ1) is 26.3. The number of carbonyl (C=O) groups excluding carboxylic acids is 2. The normalized spacial score (nSPS) is 21.5. The van der Waals surface area contributed by atoms with E-state index in [9.17, 15) is 23.9 Å². The number of rotatable bonds is 3. The fourth-order valence-electron chi connectivity index (χ4n) is 6.61. The van der Waals surface area contributed by atoms with Gasteiger partial charge in [0.25, 0.3) is 5.56 Å². The Hall–Kier alpha value is -2.91. The van der Waals surface area contributed by atoms with Gasteiger partial charge >= 0.3 is 0 Å². The number of carbonyl (C=O) groups is 2. The van der Waals surface area contributed by atoms with Gasteiger partial charge in [-0.05, 0) is 64.2 Å². The van der Waals surface area contributed by atoms with E-state index in [1.165, 1.54) is 6.07 Å². The van der Waals surface area contributed by atoms with Crippen molar-refractivity contribution in [1.29, 1.82) is 0 Å². The number of aromatic nitrogens is 2. The van der Waals surface area contributed by atoms with Crippen LogP contribution in [0.2, 0.25) is 0 Å². The summed E-state index contributed by atoms with van der Waals surface area (Å²) in [7, 11) is 0. The van der Waals surface area contributed by atoms with Crippen molar-refractivity contribution in [3.8, 4) is 11.4 Å². The van der Waals surface area contributed by atoms with Crippen LogP contribution in [0.15, 0.2) is 21.4 Å². The van der Waals surface area contributed by atoms with Crippen LogP contribution in [0.25, 0.3) is 22.3 Å². The number of nitrogens with one attached hydrogen (secondary N) is 1. The molecular formula is C30H31BrFN3O4. The molecule has 0 bridgehead atoms. The average molecular weight is 596 g/mol. The van der Waals surface area contributed by atoms with Gasteiger partial charge < -0.3 is 15.0 Å². The van der Waals surface area contributed by atoms with E-state index < -0.39 is 11.4 Å². The highest BCUT2D eigenvalue weighted by atomic mass is 79.9. The Morgan fingerprint density at radius 1 is 1.21 bits per heavy atom. The third-order valence-corrected chi connectivity index (χ3v) is 9.30. The monoisotopic (exact) mass is 595 g/mol. The Bertz CT molecular complexity index is 1670. The summed E-state index contributed by atoms with van der Waals surface area (Å²) in [6.07, 6.45) is 2.07. The van der Waals surface area contributed by atoms with Gasteiger partial charge in [-0.2, -0.15) is 0 Å². The molecule has 0 fully saturated rings. The molecule has 3 aromatic rings. The number of fused-ring (bicyclic) bond motifs is 5. The van der Waals surface area contributed by atoms with E-state index in [-0.39, 0.29) is 54.5 Å². The number of aryl methyl sites for hydroxylation is 1. The fourth-order valence-corrected chi connectivity index (χ4v) is 7.12. The molecule has 1 amide bonds. The van der Waals surface area contributed by atoms with Gasteiger partial charge in [0.1, 0.15) is 11.4 Å². The molecule has 9 heteroatoms. The summed E-state index contributed by atoms with van der Waals surface area (Å²) in [6, 6.07) is 2.79. The third kappa shape index (κ3) is 3.91. The topological polar surface area (TPSA) is 101 Å². The van der Waals surface area contributed by atoms with Crippen LogP contribution in [0.5, 0.6) is 0 Å². The molecule has 2 aliphatic carbocycles. The van der Waals surface area contributed by atoms with E-state index in [0.29, 0.717) is 51.8 Å². The zero-order valence-corrected chi connectivity index (χ0v) is 24.1. The predicted octanol–water partition coefficient (Wildman–Crippen LogP) is 4.98. The second-order valence-electron chi connectivity index (χ2n) is 12.2. The number of halogens is 2. The van der Waals surface area contributed by atoms with Crippen LogP contribution in [-0.2, 0) is 34.6 Å². The molecule has 3 heterocycles. The first-order valence-corrected chi connectivity index (χ1v) is 14.3. The molecule has 1 aromatic carbocycles. The number of pyridine rings is 2. The van der Waals surface area contributed by atoms with Gasteiger partial charge in [-0.1, -0.05) is 27.7 Å². The number of hydrogen-bond acceptors (Lipinski definition) is 5. The molecule has 204 valence electrons. The van der Waals surface area contributed by atoms with Crippen LogP contribution in [0, 0.1) is 11.2 Å². The van der Waals surface area contributed by atoms with Gasteiger partial charge in [0.2, 0.25) is 5.91 Å². The first-order chi connectivity index (χ1) is 18.3. The quantitative estimate of drug-likeness (QED) is 0.348. The molecule has 0 radical (unpaired) electrons. The molecule has 0 saturated heterocycles. The van der Waals surface area contributed by atoms with Crippen molar-refractivity contribution < 1.29 is 19.1 Å². The van der Waals surface area contributed by atoms with Crippen molar-refractivity contribution in [2.24, 2.45) is 5.41 Å². The Morgan fingerprint density at radius 2 is 1.95 bits per heavy atom. The molecule has 7 nitrogen and oxygen atoms in total. The maximum absolute atomic E-state index is 15.0. The Labute approximate surface area is 234 Å². The second-order valence-corrected chi connectivity index (χ2v) is 13.0. The zero-order valence-electron chi connectivity index (χ0n) is 22.5. The SMILES string of the molecule is CC[C@@]1(O)C(=O)CCc2c1cc1n(c2=O)Cc2c-1nc1cc(F)c(Br)c3c1c2[C@H](NC(=O)CC(C)(C)C)CC3. The van der Waals surface area contributed by atoms with Crippen LogP contribution >= 0.6 is 15.9 Å². The van der Waals surface area contributed by atoms with Crippen LogP contribution < -0.4 is 10.9 Å². The summed E-state index contributed by atoms with van der Waals surface area (Å²) in [6.45, 7) is 8.02. The third-order valence-electron chi connectivity index (χ3n) is 8.45. The van der Waals surface area contributed by atoms with Crippen molar-refractivity contribution >= 4 is 38.5 Å². The van der Waals surface area contributed by atoms with Crippen LogP contribution in [-0.4, -0.2) is 26.3 Å². The summed E-state index contributed by atoms with van der Waals surface area (Å²) in [5, 5.41) is 15.3. The largest absolute Gasteiger partial charge is 0.377 e. The predicted molar refractivity (Wildman–Crippen MR) is 149 cm³/mol. The van der Waals surface area contributed by atoms with Crippen LogP contribution in [0.1, 0.15) is 87.2 Å². The minimum Gasteiger partial charge on any atom is -0.377 e. The van der Waals surface area contributed by atoms with E-state index in [1.54, 1.807) is 17.6 Å². The van der Waals surface area contributed by atoms with E-state index in [2.05, 4.69) is 21.2 Å². The second kappa shape index (κ2) is 8.80. The molecule has 0 spiro atoms. The number of benzene rings is 1. The highest BCUT2D eigenvalue weighted by Crippen LogP contribution is 2.47. The number of Topliss-reactive ketones (excluding diaryl/α,β-unsaturated/α-hetero) is 1. The molecule has 39 heavy (non-hydrogen) atoms. The van der Waals surface area contributed by atoms with E-state index in [4.69, 9.17) is 4.98 Å². The van der Waals surface area contributed by atoms with Gasteiger partial charge in [-0.3, -0.25) is 14.4 Å². The fraction of sp³-hybridized carbons (Fsp3) is 0.467. The number of nitrogens with zero attached hydrogens (tertiary/aromatic N) is 2. The summed E-state index contributed by atoms with van der Waals surface area (Å²) in [5.41, 5.74) is 2.63. The van der Waals surface area contributed by atoms with Crippen molar-refractivity contribution in [3.63, 3.8) is 0 Å².